The van der Waals surface area contributed by atoms with Gasteiger partial charge in [0.05, 0.1) is 9.82 Å². The minimum absolute atomic E-state index is 0.0889. The number of non-ortho nitro benzene ring substituents is 1. The standard InChI is InChI=1S/C13H17N3O4S/c1-9-4-12(16(17)18)2-3-13(9)21(19,20)15-7-10-5-14-6-11(10)8-15/h2-4,10-11,14H,5-8H2,1H3. The minimum Gasteiger partial charge on any atom is -0.316 e. The van der Waals surface area contributed by atoms with Crippen LogP contribution in [0.3, 0.4) is 0 Å². The largest absolute Gasteiger partial charge is 0.316 e. The van der Waals surface area contributed by atoms with Gasteiger partial charge in [-0.3, -0.25) is 10.1 Å². The van der Waals surface area contributed by atoms with Crippen LogP contribution >= 0.6 is 0 Å². The second-order valence-corrected chi connectivity index (χ2v) is 7.61. The van der Waals surface area contributed by atoms with Crippen molar-refractivity contribution < 1.29 is 13.3 Å². The Labute approximate surface area is 123 Å². The number of benzene rings is 1. The van der Waals surface area contributed by atoms with E-state index < -0.39 is 14.9 Å². The number of nitrogens with zero attached hydrogens (tertiary/aromatic N) is 2. The van der Waals surface area contributed by atoms with Crippen LogP contribution in [0.25, 0.3) is 0 Å². The molecule has 0 radical (unpaired) electrons. The lowest BCUT2D eigenvalue weighted by atomic mass is 10.0. The number of rotatable bonds is 3. The van der Waals surface area contributed by atoms with Crippen molar-refractivity contribution in [3.8, 4) is 0 Å². The van der Waals surface area contributed by atoms with Gasteiger partial charge >= 0.3 is 0 Å². The average molecular weight is 311 g/mol. The predicted octanol–water partition coefficient (Wildman–Crippen LogP) is 0.743. The molecule has 3 rings (SSSR count). The maximum absolute atomic E-state index is 12.7. The molecule has 2 aliphatic rings. The lowest BCUT2D eigenvalue weighted by Crippen LogP contribution is -2.32. The Kier molecular flexibility index (Phi) is 3.46. The number of hydrogen-bond acceptors (Lipinski definition) is 5. The molecule has 2 fully saturated rings. The Hall–Kier alpha value is -1.51. The first kappa shape index (κ1) is 14.4. The highest BCUT2D eigenvalue weighted by molar-refractivity contribution is 7.89. The Bertz CT molecular complexity index is 677. The van der Waals surface area contributed by atoms with Crippen LogP contribution in [-0.2, 0) is 10.0 Å². The first-order valence-electron chi connectivity index (χ1n) is 6.85. The average Bonchev–Trinajstić information content (AvgIpc) is 2.98. The van der Waals surface area contributed by atoms with E-state index in [2.05, 4.69) is 5.32 Å². The molecular weight excluding hydrogens is 294 g/mol. The second-order valence-electron chi connectivity index (χ2n) is 5.71. The van der Waals surface area contributed by atoms with Crippen LogP contribution in [0, 0.1) is 28.9 Å². The molecule has 1 N–H and O–H groups in total. The van der Waals surface area contributed by atoms with E-state index >= 15 is 0 Å². The summed E-state index contributed by atoms with van der Waals surface area (Å²) in [4.78, 5) is 10.4. The topological polar surface area (TPSA) is 92.5 Å². The highest BCUT2D eigenvalue weighted by Gasteiger charge is 2.41. The summed E-state index contributed by atoms with van der Waals surface area (Å²) in [6, 6.07) is 3.90. The molecule has 2 aliphatic heterocycles. The molecule has 8 heteroatoms. The van der Waals surface area contributed by atoms with E-state index in [1.54, 1.807) is 6.92 Å². The van der Waals surface area contributed by atoms with Gasteiger partial charge in [0, 0.05) is 25.2 Å². The fraction of sp³-hybridized carbons (Fsp3) is 0.538. The fourth-order valence-corrected chi connectivity index (χ4v) is 4.94. The number of aryl methyl sites for hydroxylation is 1. The van der Waals surface area contributed by atoms with Gasteiger partial charge in [-0.25, -0.2) is 8.42 Å². The molecule has 0 saturated carbocycles. The van der Waals surface area contributed by atoms with Crippen molar-refractivity contribution in [1.29, 1.82) is 0 Å². The van der Waals surface area contributed by atoms with E-state index in [-0.39, 0.29) is 10.6 Å². The summed E-state index contributed by atoms with van der Waals surface area (Å²) in [6.45, 7) is 4.36. The van der Waals surface area contributed by atoms with Crippen LogP contribution in [0.2, 0.25) is 0 Å². The number of nitro groups is 1. The summed E-state index contributed by atoms with van der Waals surface area (Å²) in [5.41, 5.74) is 0.327. The molecule has 0 bridgehead atoms. The highest BCUT2D eigenvalue weighted by Crippen LogP contribution is 2.32. The second kappa shape index (κ2) is 5.04. The number of fused-ring (bicyclic) bond motifs is 1. The first-order chi connectivity index (χ1) is 9.89. The van der Waals surface area contributed by atoms with Crippen LogP contribution in [0.5, 0.6) is 0 Å². The van der Waals surface area contributed by atoms with E-state index in [0.29, 0.717) is 30.5 Å². The van der Waals surface area contributed by atoms with Crippen molar-refractivity contribution in [3.05, 3.63) is 33.9 Å². The molecule has 0 aliphatic carbocycles. The summed E-state index contributed by atoms with van der Waals surface area (Å²) in [7, 11) is -3.57. The normalized spacial score (nSPS) is 26.0. The molecule has 0 aromatic heterocycles. The van der Waals surface area contributed by atoms with Crippen molar-refractivity contribution in [2.75, 3.05) is 26.2 Å². The van der Waals surface area contributed by atoms with E-state index in [0.717, 1.165) is 13.1 Å². The molecule has 21 heavy (non-hydrogen) atoms. The zero-order valence-electron chi connectivity index (χ0n) is 11.7. The summed E-state index contributed by atoms with van der Waals surface area (Å²) < 4.78 is 26.9. The molecule has 2 heterocycles. The lowest BCUT2D eigenvalue weighted by molar-refractivity contribution is -0.385. The van der Waals surface area contributed by atoms with Gasteiger partial charge < -0.3 is 5.32 Å². The zero-order chi connectivity index (χ0) is 15.2. The summed E-state index contributed by atoms with van der Waals surface area (Å²) in [6.07, 6.45) is 0. The van der Waals surface area contributed by atoms with Crippen LogP contribution < -0.4 is 5.32 Å². The van der Waals surface area contributed by atoms with Gasteiger partial charge in [-0.15, -0.1) is 0 Å². The fourth-order valence-electron chi connectivity index (χ4n) is 3.18. The van der Waals surface area contributed by atoms with E-state index in [9.17, 15) is 18.5 Å². The lowest BCUT2D eigenvalue weighted by Gasteiger charge is -2.18. The van der Waals surface area contributed by atoms with Crippen LogP contribution in [-0.4, -0.2) is 43.8 Å². The van der Waals surface area contributed by atoms with Gasteiger partial charge in [0.25, 0.3) is 5.69 Å². The van der Waals surface area contributed by atoms with Crippen molar-refractivity contribution >= 4 is 15.7 Å². The Morgan fingerprint density at radius 1 is 1.29 bits per heavy atom. The quantitative estimate of drug-likeness (QED) is 0.656. The summed E-state index contributed by atoms with van der Waals surface area (Å²) >= 11 is 0. The number of nitro benzene ring substituents is 1. The molecular formula is C13H17N3O4S. The third kappa shape index (κ3) is 2.43. The van der Waals surface area contributed by atoms with Crippen molar-refractivity contribution in [2.24, 2.45) is 11.8 Å². The molecule has 2 unspecified atom stereocenters. The maximum atomic E-state index is 12.7. The SMILES string of the molecule is Cc1cc([N+](=O)[O-])ccc1S(=O)(=O)N1CC2CNCC2C1. The molecule has 114 valence electrons. The number of sulfonamides is 1. The van der Waals surface area contributed by atoms with Crippen molar-refractivity contribution in [2.45, 2.75) is 11.8 Å². The number of nitrogens with one attached hydrogen (secondary N) is 1. The first-order valence-corrected chi connectivity index (χ1v) is 8.29. The van der Waals surface area contributed by atoms with Crippen molar-refractivity contribution in [1.82, 2.24) is 9.62 Å². The molecule has 2 atom stereocenters. The Morgan fingerprint density at radius 2 is 1.90 bits per heavy atom. The van der Waals surface area contributed by atoms with E-state index in [1.165, 1.54) is 22.5 Å². The van der Waals surface area contributed by atoms with Gasteiger partial charge in [-0.1, -0.05) is 0 Å². The molecule has 1 aromatic rings. The summed E-state index contributed by atoms with van der Waals surface area (Å²) in [5, 5.41) is 14.0. The monoisotopic (exact) mass is 311 g/mol. The third-order valence-corrected chi connectivity index (χ3v) is 6.34. The zero-order valence-corrected chi connectivity index (χ0v) is 12.5. The molecule has 0 spiro atoms. The summed E-state index contributed by atoms with van der Waals surface area (Å²) in [5.74, 6) is 0.747. The smallest absolute Gasteiger partial charge is 0.269 e. The van der Waals surface area contributed by atoms with Crippen LogP contribution in [0.1, 0.15) is 5.56 Å². The van der Waals surface area contributed by atoms with Crippen LogP contribution in [0.4, 0.5) is 5.69 Å². The van der Waals surface area contributed by atoms with Crippen molar-refractivity contribution in [3.63, 3.8) is 0 Å². The van der Waals surface area contributed by atoms with E-state index in [1.807, 2.05) is 0 Å². The van der Waals surface area contributed by atoms with Gasteiger partial charge in [-0.05, 0) is 43.5 Å². The molecule has 0 amide bonds. The third-order valence-electron chi connectivity index (χ3n) is 4.34. The van der Waals surface area contributed by atoms with Gasteiger partial charge in [0.1, 0.15) is 0 Å². The maximum Gasteiger partial charge on any atom is 0.269 e. The van der Waals surface area contributed by atoms with E-state index in [4.69, 9.17) is 0 Å². The van der Waals surface area contributed by atoms with Crippen LogP contribution in [0.15, 0.2) is 23.1 Å². The molecule has 1 aromatic carbocycles. The number of hydrogen-bond donors (Lipinski definition) is 1. The highest BCUT2D eigenvalue weighted by atomic mass is 32.2. The molecule has 2 saturated heterocycles. The predicted molar refractivity (Wildman–Crippen MR) is 76.4 cm³/mol. The minimum atomic E-state index is -3.57. The Balaban J connectivity index is 1.90. The van der Waals surface area contributed by atoms with Gasteiger partial charge in [0.15, 0.2) is 0 Å². The van der Waals surface area contributed by atoms with Gasteiger partial charge in [0.2, 0.25) is 10.0 Å². The Morgan fingerprint density at radius 3 is 2.43 bits per heavy atom. The van der Waals surface area contributed by atoms with Gasteiger partial charge in [-0.2, -0.15) is 4.31 Å². The molecule has 7 nitrogen and oxygen atoms in total.